The molecule has 96 valence electrons. The van der Waals surface area contributed by atoms with E-state index in [-0.39, 0.29) is 5.56 Å². The highest BCUT2D eigenvalue weighted by molar-refractivity contribution is 8.02. The number of nitrogens with zero attached hydrogens (tertiary/aromatic N) is 1. The van der Waals surface area contributed by atoms with Gasteiger partial charge in [-0.1, -0.05) is 42.1 Å². The molecule has 2 rings (SSSR count). The van der Waals surface area contributed by atoms with Gasteiger partial charge in [-0.2, -0.15) is 0 Å². The summed E-state index contributed by atoms with van der Waals surface area (Å²) in [6.45, 7) is 0. The molecule has 6 heteroatoms. The second-order valence-corrected chi connectivity index (χ2v) is 4.46. The molecule has 0 saturated carbocycles. The van der Waals surface area contributed by atoms with E-state index < -0.39 is 5.97 Å². The second kappa shape index (κ2) is 6.01. The van der Waals surface area contributed by atoms with E-state index in [1.807, 2.05) is 30.3 Å². The van der Waals surface area contributed by atoms with Crippen LogP contribution in [-0.2, 0) is 4.79 Å². The van der Waals surface area contributed by atoms with Crippen molar-refractivity contribution >= 4 is 17.7 Å². The SMILES string of the molecule is O=C(O)/C=C/Sc1nc(-c2ccccc2)cc(=O)[nH]1. The lowest BCUT2D eigenvalue weighted by molar-refractivity contribution is -0.131. The zero-order chi connectivity index (χ0) is 13.7. The largest absolute Gasteiger partial charge is 0.478 e. The predicted molar refractivity (Wildman–Crippen MR) is 72.9 cm³/mol. The van der Waals surface area contributed by atoms with Crippen LogP contribution in [0.15, 0.2) is 57.8 Å². The highest BCUT2D eigenvalue weighted by Gasteiger charge is 2.03. The van der Waals surface area contributed by atoms with Crippen molar-refractivity contribution in [3.63, 3.8) is 0 Å². The summed E-state index contributed by atoms with van der Waals surface area (Å²) in [5.41, 5.74) is 1.10. The predicted octanol–water partition coefficient (Wildman–Crippen LogP) is 2.13. The van der Waals surface area contributed by atoms with Gasteiger partial charge in [0.25, 0.3) is 5.56 Å². The minimum absolute atomic E-state index is 0.278. The highest BCUT2D eigenvalue weighted by Crippen LogP contribution is 2.18. The number of aliphatic carboxylic acids is 1. The topological polar surface area (TPSA) is 83.0 Å². The molecule has 0 radical (unpaired) electrons. The minimum Gasteiger partial charge on any atom is -0.478 e. The van der Waals surface area contributed by atoms with Crippen LogP contribution in [0.5, 0.6) is 0 Å². The van der Waals surface area contributed by atoms with E-state index in [9.17, 15) is 9.59 Å². The quantitative estimate of drug-likeness (QED) is 0.507. The average molecular weight is 274 g/mol. The van der Waals surface area contributed by atoms with E-state index in [1.165, 1.54) is 11.5 Å². The van der Waals surface area contributed by atoms with E-state index in [4.69, 9.17) is 5.11 Å². The molecule has 0 aliphatic carbocycles. The van der Waals surface area contributed by atoms with Crippen molar-refractivity contribution in [2.24, 2.45) is 0 Å². The fraction of sp³-hybridized carbons (Fsp3) is 0. The zero-order valence-corrected chi connectivity index (χ0v) is 10.6. The molecule has 0 saturated heterocycles. The Bertz CT molecular complexity index is 665. The molecule has 19 heavy (non-hydrogen) atoms. The van der Waals surface area contributed by atoms with E-state index in [0.29, 0.717) is 10.9 Å². The fourth-order valence-corrected chi connectivity index (χ4v) is 2.03. The Morgan fingerprint density at radius 1 is 1.32 bits per heavy atom. The molecule has 0 aliphatic heterocycles. The van der Waals surface area contributed by atoms with Crippen LogP contribution in [0.2, 0.25) is 0 Å². The Morgan fingerprint density at radius 3 is 2.74 bits per heavy atom. The number of nitrogens with one attached hydrogen (secondary N) is 1. The van der Waals surface area contributed by atoms with Crippen LogP contribution in [0.3, 0.4) is 0 Å². The van der Waals surface area contributed by atoms with Gasteiger partial charge < -0.3 is 10.1 Å². The van der Waals surface area contributed by atoms with Crippen LogP contribution in [0.25, 0.3) is 11.3 Å². The van der Waals surface area contributed by atoms with Crippen molar-refractivity contribution < 1.29 is 9.90 Å². The van der Waals surface area contributed by atoms with Crippen LogP contribution < -0.4 is 5.56 Å². The Morgan fingerprint density at radius 2 is 2.05 bits per heavy atom. The maximum Gasteiger partial charge on any atom is 0.328 e. The molecule has 0 fully saturated rings. The van der Waals surface area contributed by atoms with Crippen LogP contribution in [0.4, 0.5) is 0 Å². The highest BCUT2D eigenvalue weighted by atomic mass is 32.2. The number of aromatic amines is 1. The number of hydrogen-bond acceptors (Lipinski definition) is 4. The van der Waals surface area contributed by atoms with Crippen LogP contribution in [-0.4, -0.2) is 21.0 Å². The molecule has 1 aromatic heterocycles. The Balaban J connectivity index is 2.30. The summed E-state index contributed by atoms with van der Waals surface area (Å²) in [5, 5.41) is 10.2. The number of H-pyrrole nitrogens is 1. The number of benzene rings is 1. The van der Waals surface area contributed by atoms with E-state index in [2.05, 4.69) is 9.97 Å². The first kappa shape index (κ1) is 13.1. The lowest BCUT2D eigenvalue weighted by Crippen LogP contribution is -2.07. The number of aromatic nitrogens is 2. The van der Waals surface area contributed by atoms with Crippen LogP contribution >= 0.6 is 11.8 Å². The summed E-state index contributed by atoms with van der Waals surface area (Å²) in [5.74, 6) is -1.05. The molecular formula is C13H10N2O3S. The molecule has 0 atom stereocenters. The summed E-state index contributed by atoms with van der Waals surface area (Å²) >= 11 is 1.04. The zero-order valence-electron chi connectivity index (χ0n) is 9.74. The molecule has 1 heterocycles. The molecule has 0 spiro atoms. The van der Waals surface area contributed by atoms with Crippen molar-refractivity contribution in [3.8, 4) is 11.3 Å². The van der Waals surface area contributed by atoms with Gasteiger partial charge in [0, 0.05) is 17.7 Å². The number of hydrogen-bond donors (Lipinski definition) is 2. The number of rotatable bonds is 4. The van der Waals surface area contributed by atoms with Gasteiger partial charge in [0.2, 0.25) is 0 Å². The fourth-order valence-electron chi connectivity index (χ4n) is 1.40. The van der Waals surface area contributed by atoms with Crippen molar-refractivity contribution in [1.29, 1.82) is 0 Å². The van der Waals surface area contributed by atoms with E-state index in [0.717, 1.165) is 23.4 Å². The molecule has 0 aliphatic rings. The van der Waals surface area contributed by atoms with Crippen molar-refractivity contribution in [3.05, 3.63) is 58.2 Å². The monoisotopic (exact) mass is 274 g/mol. The van der Waals surface area contributed by atoms with Crippen LogP contribution in [0.1, 0.15) is 0 Å². The summed E-state index contributed by atoms with van der Waals surface area (Å²) in [7, 11) is 0. The first-order valence-corrected chi connectivity index (χ1v) is 6.26. The maximum absolute atomic E-state index is 11.5. The molecular weight excluding hydrogens is 264 g/mol. The smallest absolute Gasteiger partial charge is 0.328 e. The second-order valence-electron chi connectivity index (χ2n) is 3.56. The Labute approximate surface area is 113 Å². The molecule has 2 aromatic rings. The first-order chi connectivity index (χ1) is 9.15. The van der Waals surface area contributed by atoms with Crippen LogP contribution in [0, 0.1) is 0 Å². The third-order valence-electron chi connectivity index (χ3n) is 2.18. The van der Waals surface area contributed by atoms with Gasteiger partial charge in [0.15, 0.2) is 5.16 Å². The van der Waals surface area contributed by atoms with Gasteiger partial charge in [-0.15, -0.1) is 0 Å². The summed E-state index contributed by atoms with van der Waals surface area (Å²) in [4.78, 5) is 28.7. The average Bonchev–Trinajstić information content (AvgIpc) is 2.39. The lowest BCUT2D eigenvalue weighted by atomic mass is 10.1. The number of carboxylic acids is 1. The number of thioether (sulfide) groups is 1. The van der Waals surface area contributed by atoms with Gasteiger partial charge in [0.05, 0.1) is 5.69 Å². The van der Waals surface area contributed by atoms with Gasteiger partial charge in [-0.3, -0.25) is 4.79 Å². The van der Waals surface area contributed by atoms with Gasteiger partial charge >= 0.3 is 5.97 Å². The normalized spacial score (nSPS) is 10.7. The van der Waals surface area contributed by atoms with Gasteiger partial charge in [0.1, 0.15) is 0 Å². The summed E-state index contributed by atoms with van der Waals surface area (Å²) < 4.78 is 0. The van der Waals surface area contributed by atoms with E-state index >= 15 is 0 Å². The number of carbonyl (C=O) groups is 1. The standard InChI is InChI=1S/C13H10N2O3S/c16-11-8-10(9-4-2-1-3-5-9)14-13(15-11)19-7-6-12(17)18/h1-8H,(H,17,18)(H,14,15,16)/b7-6+. The Hall–Kier alpha value is -2.34. The van der Waals surface area contributed by atoms with E-state index in [1.54, 1.807) is 0 Å². The molecule has 0 bridgehead atoms. The molecule has 1 aromatic carbocycles. The maximum atomic E-state index is 11.5. The van der Waals surface area contributed by atoms with Gasteiger partial charge in [-0.05, 0) is 5.41 Å². The molecule has 5 nitrogen and oxygen atoms in total. The molecule has 0 amide bonds. The molecule has 2 N–H and O–H groups in total. The lowest BCUT2D eigenvalue weighted by Gasteiger charge is -2.01. The minimum atomic E-state index is -1.05. The van der Waals surface area contributed by atoms with Crippen molar-refractivity contribution in [1.82, 2.24) is 9.97 Å². The third kappa shape index (κ3) is 3.82. The van der Waals surface area contributed by atoms with Crippen molar-refractivity contribution in [2.75, 3.05) is 0 Å². The molecule has 0 unspecified atom stereocenters. The summed E-state index contributed by atoms with van der Waals surface area (Å²) in [6, 6.07) is 10.7. The Kier molecular flexibility index (Phi) is 4.15. The third-order valence-corrected chi connectivity index (χ3v) is 2.87. The van der Waals surface area contributed by atoms with Crippen molar-refractivity contribution in [2.45, 2.75) is 5.16 Å². The number of carboxylic acid groups (broad SMARTS) is 1. The van der Waals surface area contributed by atoms with Gasteiger partial charge in [-0.25, -0.2) is 9.78 Å². The summed E-state index contributed by atoms with van der Waals surface area (Å²) in [6.07, 6.45) is 0.986. The first-order valence-electron chi connectivity index (χ1n) is 5.38.